The Hall–Kier alpha value is -0.0400. The number of rotatable bonds is 4. The van der Waals surface area contributed by atoms with Gasteiger partial charge in [-0.1, -0.05) is 26.2 Å². The average molecular weight is 167 g/mol. The molecule has 0 bridgehead atoms. The van der Waals surface area contributed by atoms with Crippen LogP contribution in [0, 0.1) is 11.3 Å². The molecule has 0 aromatic carbocycles. The van der Waals surface area contributed by atoms with Crippen LogP contribution in [0.1, 0.15) is 45.4 Å². The summed E-state index contributed by atoms with van der Waals surface area (Å²) in [5.74, 6) is 1.06. The second-order valence-corrected chi connectivity index (χ2v) is 5.03. The van der Waals surface area contributed by atoms with E-state index in [2.05, 4.69) is 19.3 Å². The molecule has 0 saturated heterocycles. The molecule has 70 valence electrons. The molecule has 1 N–H and O–H groups in total. The first-order chi connectivity index (χ1) is 5.74. The van der Waals surface area contributed by atoms with E-state index >= 15 is 0 Å². The lowest BCUT2D eigenvalue weighted by molar-refractivity contribution is 0.225. The molecule has 0 aromatic heterocycles. The molecule has 0 spiro atoms. The summed E-state index contributed by atoms with van der Waals surface area (Å²) in [6.45, 7) is 2.44. The van der Waals surface area contributed by atoms with Gasteiger partial charge in [-0.05, 0) is 37.6 Å². The lowest BCUT2D eigenvalue weighted by Crippen LogP contribution is -2.36. The van der Waals surface area contributed by atoms with Crippen molar-refractivity contribution in [1.82, 2.24) is 5.32 Å². The molecule has 2 aliphatic carbocycles. The molecular formula is C11H21N. The summed E-state index contributed by atoms with van der Waals surface area (Å²) in [6.07, 6.45) is 8.81. The fourth-order valence-electron chi connectivity index (χ4n) is 2.36. The van der Waals surface area contributed by atoms with Crippen molar-refractivity contribution < 1.29 is 0 Å². The molecule has 2 saturated carbocycles. The van der Waals surface area contributed by atoms with E-state index in [0.717, 1.165) is 12.0 Å². The normalized spacial score (nSPS) is 29.5. The van der Waals surface area contributed by atoms with Gasteiger partial charge in [0.2, 0.25) is 0 Å². The van der Waals surface area contributed by atoms with Gasteiger partial charge in [0, 0.05) is 6.04 Å². The van der Waals surface area contributed by atoms with Crippen molar-refractivity contribution in [3.8, 4) is 0 Å². The third kappa shape index (κ3) is 1.52. The maximum atomic E-state index is 3.50. The van der Waals surface area contributed by atoms with Crippen molar-refractivity contribution in [2.75, 3.05) is 7.05 Å². The summed E-state index contributed by atoms with van der Waals surface area (Å²) in [5, 5.41) is 3.50. The van der Waals surface area contributed by atoms with Crippen LogP contribution >= 0.6 is 0 Å². The zero-order chi connectivity index (χ0) is 8.60. The highest BCUT2D eigenvalue weighted by atomic mass is 14.9. The molecule has 1 nitrogen and oxygen atoms in total. The molecule has 0 amide bonds. The van der Waals surface area contributed by atoms with Crippen LogP contribution in [0.5, 0.6) is 0 Å². The van der Waals surface area contributed by atoms with Gasteiger partial charge in [0.15, 0.2) is 0 Å². The maximum Gasteiger partial charge on any atom is 0.0120 e. The SMILES string of the molecule is CNC(CC1CCC1)C1(C)CC1. The van der Waals surface area contributed by atoms with Gasteiger partial charge in [-0.15, -0.1) is 0 Å². The van der Waals surface area contributed by atoms with Gasteiger partial charge in [0.1, 0.15) is 0 Å². The molecule has 0 radical (unpaired) electrons. The number of hydrogen-bond donors (Lipinski definition) is 1. The molecule has 2 rings (SSSR count). The molecule has 1 heteroatoms. The van der Waals surface area contributed by atoms with Crippen molar-refractivity contribution in [1.29, 1.82) is 0 Å². The van der Waals surface area contributed by atoms with Crippen molar-refractivity contribution in [2.24, 2.45) is 11.3 Å². The topological polar surface area (TPSA) is 12.0 Å². The highest BCUT2D eigenvalue weighted by Gasteiger charge is 2.44. The van der Waals surface area contributed by atoms with Crippen LogP contribution in [0.25, 0.3) is 0 Å². The lowest BCUT2D eigenvalue weighted by Gasteiger charge is -2.32. The third-order valence-electron chi connectivity index (χ3n) is 4.02. The Morgan fingerprint density at radius 3 is 2.42 bits per heavy atom. The minimum atomic E-state index is 0.671. The minimum Gasteiger partial charge on any atom is -0.316 e. The first-order valence-electron chi connectivity index (χ1n) is 5.42. The fourth-order valence-corrected chi connectivity index (χ4v) is 2.36. The predicted octanol–water partition coefficient (Wildman–Crippen LogP) is 2.56. The van der Waals surface area contributed by atoms with Crippen LogP contribution in [-0.4, -0.2) is 13.1 Å². The predicted molar refractivity (Wildman–Crippen MR) is 52.1 cm³/mol. The molecule has 1 unspecified atom stereocenters. The molecule has 2 aliphatic rings. The maximum absolute atomic E-state index is 3.50. The minimum absolute atomic E-state index is 0.671. The van der Waals surface area contributed by atoms with E-state index in [1.54, 1.807) is 0 Å². The molecule has 0 aromatic rings. The Morgan fingerprint density at radius 2 is 2.08 bits per heavy atom. The molecule has 1 atom stereocenters. The van der Waals surface area contributed by atoms with E-state index in [9.17, 15) is 0 Å². The van der Waals surface area contributed by atoms with Crippen LogP contribution in [0.4, 0.5) is 0 Å². The Labute approximate surface area is 75.9 Å². The standard InChI is InChI=1S/C11H21N/c1-11(6-7-11)10(12-2)8-9-4-3-5-9/h9-10,12H,3-8H2,1-2H3. The Morgan fingerprint density at radius 1 is 1.42 bits per heavy atom. The highest BCUT2D eigenvalue weighted by Crippen LogP contribution is 2.50. The second-order valence-electron chi connectivity index (χ2n) is 5.03. The Bertz CT molecular complexity index is 156. The van der Waals surface area contributed by atoms with Crippen LogP contribution in [0.2, 0.25) is 0 Å². The quantitative estimate of drug-likeness (QED) is 0.678. The van der Waals surface area contributed by atoms with E-state index in [1.807, 2.05) is 0 Å². The smallest absolute Gasteiger partial charge is 0.0120 e. The Kier molecular flexibility index (Phi) is 2.16. The van der Waals surface area contributed by atoms with Crippen LogP contribution in [0.3, 0.4) is 0 Å². The van der Waals surface area contributed by atoms with Crippen LogP contribution in [-0.2, 0) is 0 Å². The summed E-state index contributed by atoms with van der Waals surface area (Å²) < 4.78 is 0. The van der Waals surface area contributed by atoms with E-state index in [-0.39, 0.29) is 0 Å². The second kappa shape index (κ2) is 3.02. The van der Waals surface area contributed by atoms with Crippen molar-refractivity contribution in [2.45, 2.75) is 51.5 Å². The first-order valence-corrected chi connectivity index (χ1v) is 5.42. The van der Waals surface area contributed by atoms with Gasteiger partial charge < -0.3 is 5.32 Å². The number of nitrogens with one attached hydrogen (secondary N) is 1. The van der Waals surface area contributed by atoms with Crippen LogP contribution in [0.15, 0.2) is 0 Å². The zero-order valence-electron chi connectivity index (χ0n) is 8.40. The monoisotopic (exact) mass is 167 g/mol. The van der Waals surface area contributed by atoms with Gasteiger partial charge in [-0.25, -0.2) is 0 Å². The largest absolute Gasteiger partial charge is 0.316 e. The van der Waals surface area contributed by atoms with Crippen LogP contribution < -0.4 is 5.32 Å². The van der Waals surface area contributed by atoms with Gasteiger partial charge in [0.25, 0.3) is 0 Å². The van der Waals surface area contributed by atoms with Gasteiger partial charge in [0.05, 0.1) is 0 Å². The van der Waals surface area contributed by atoms with E-state index in [0.29, 0.717) is 5.41 Å². The van der Waals surface area contributed by atoms with Crippen molar-refractivity contribution >= 4 is 0 Å². The molecule has 0 heterocycles. The highest BCUT2D eigenvalue weighted by molar-refractivity contribution is 4.99. The van der Waals surface area contributed by atoms with Gasteiger partial charge in [-0.2, -0.15) is 0 Å². The van der Waals surface area contributed by atoms with Gasteiger partial charge in [-0.3, -0.25) is 0 Å². The van der Waals surface area contributed by atoms with Crippen molar-refractivity contribution in [3.63, 3.8) is 0 Å². The van der Waals surface area contributed by atoms with Crippen molar-refractivity contribution in [3.05, 3.63) is 0 Å². The summed E-state index contributed by atoms with van der Waals surface area (Å²) >= 11 is 0. The molecule has 12 heavy (non-hydrogen) atoms. The zero-order valence-corrected chi connectivity index (χ0v) is 8.40. The van der Waals surface area contributed by atoms with E-state index < -0.39 is 0 Å². The molecule has 2 fully saturated rings. The summed E-state index contributed by atoms with van der Waals surface area (Å²) in [7, 11) is 2.13. The van der Waals surface area contributed by atoms with E-state index in [1.165, 1.54) is 38.5 Å². The third-order valence-corrected chi connectivity index (χ3v) is 4.02. The summed E-state index contributed by atoms with van der Waals surface area (Å²) in [6, 6.07) is 0.808. The average Bonchev–Trinajstić information content (AvgIpc) is 2.67. The van der Waals surface area contributed by atoms with Gasteiger partial charge >= 0.3 is 0 Å². The Balaban J connectivity index is 1.81. The summed E-state index contributed by atoms with van der Waals surface area (Å²) in [4.78, 5) is 0. The lowest BCUT2D eigenvalue weighted by atomic mass is 9.78. The fraction of sp³-hybridized carbons (Fsp3) is 1.00. The van der Waals surface area contributed by atoms with E-state index in [4.69, 9.17) is 0 Å². The summed E-state index contributed by atoms with van der Waals surface area (Å²) in [5.41, 5.74) is 0.671. The first kappa shape index (κ1) is 8.55. The number of hydrogen-bond acceptors (Lipinski definition) is 1. The molecule has 0 aliphatic heterocycles. The molecular weight excluding hydrogens is 146 g/mol.